The highest BCUT2D eigenvalue weighted by atomic mass is 16.3. The highest BCUT2D eigenvalue weighted by Gasteiger charge is 2.18. The Morgan fingerprint density at radius 1 is 1.67 bits per heavy atom. The molecule has 2 heterocycles. The molecule has 0 fully saturated rings. The average Bonchev–Trinajstić information content (AvgIpc) is 2.51. The molecule has 1 aliphatic heterocycles. The van der Waals surface area contributed by atoms with Crippen LogP contribution in [0.15, 0.2) is 6.33 Å². The van der Waals surface area contributed by atoms with Gasteiger partial charge in [0.05, 0.1) is 17.7 Å². The number of nitrogens with zero attached hydrogens (tertiary/aromatic N) is 1. The second-order valence-corrected chi connectivity index (χ2v) is 3.12. The Kier molecular flexibility index (Phi) is 2.10. The first-order valence-electron chi connectivity index (χ1n) is 4.25. The van der Waals surface area contributed by atoms with Gasteiger partial charge in [-0.25, -0.2) is 4.98 Å². The molecule has 0 bridgehead atoms. The van der Waals surface area contributed by atoms with Gasteiger partial charge in [0.15, 0.2) is 0 Å². The number of aromatic nitrogens is 2. The van der Waals surface area contributed by atoms with Crippen LogP contribution in [0.2, 0.25) is 0 Å². The summed E-state index contributed by atoms with van der Waals surface area (Å²) in [7, 11) is 0. The van der Waals surface area contributed by atoms with E-state index in [0.717, 1.165) is 25.1 Å². The molecule has 1 unspecified atom stereocenters. The van der Waals surface area contributed by atoms with Crippen molar-refractivity contribution >= 4 is 0 Å². The third-order valence-electron chi connectivity index (χ3n) is 2.29. The molecule has 3 N–H and O–H groups in total. The number of nitrogens with one attached hydrogen (secondary N) is 2. The molecular weight excluding hydrogens is 154 g/mol. The summed E-state index contributed by atoms with van der Waals surface area (Å²) >= 11 is 0. The van der Waals surface area contributed by atoms with E-state index in [1.807, 2.05) is 0 Å². The number of hydrogen-bond donors (Lipinski definition) is 3. The number of aliphatic hydroxyl groups excluding tert-OH is 1. The van der Waals surface area contributed by atoms with Crippen LogP contribution in [0.3, 0.4) is 0 Å². The van der Waals surface area contributed by atoms with Crippen LogP contribution in [0, 0.1) is 0 Å². The predicted molar refractivity (Wildman–Crippen MR) is 44.6 cm³/mol. The molecule has 1 aromatic heterocycles. The number of H-pyrrole nitrogens is 1. The summed E-state index contributed by atoms with van der Waals surface area (Å²) in [6.07, 6.45) is 3.47. The van der Waals surface area contributed by atoms with Crippen molar-refractivity contribution in [1.29, 1.82) is 0 Å². The maximum atomic E-state index is 8.75. The van der Waals surface area contributed by atoms with E-state index in [1.165, 1.54) is 5.69 Å². The molecular formula is C8H13N3O. The summed E-state index contributed by atoms with van der Waals surface area (Å²) < 4.78 is 0. The summed E-state index contributed by atoms with van der Waals surface area (Å²) in [5.74, 6) is 0. The first-order chi connectivity index (χ1) is 5.90. The highest BCUT2D eigenvalue weighted by Crippen LogP contribution is 2.13. The van der Waals surface area contributed by atoms with Gasteiger partial charge in [-0.3, -0.25) is 0 Å². The van der Waals surface area contributed by atoms with Crippen molar-refractivity contribution < 1.29 is 5.11 Å². The summed E-state index contributed by atoms with van der Waals surface area (Å²) in [4.78, 5) is 7.30. The molecule has 0 spiro atoms. The smallest absolute Gasteiger partial charge is 0.0925 e. The van der Waals surface area contributed by atoms with Gasteiger partial charge in [0.1, 0.15) is 0 Å². The van der Waals surface area contributed by atoms with E-state index < -0.39 is 0 Å². The molecule has 66 valence electrons. The van der Waals surface area contributed by atoms with Gasteiger partial charge in [0, 0.05) is 25.6 Å². The Morgan fingerprint density at radius 2 is 2.58 bits per heavy atom. The molecule has 0 aromatic carbocycles. The molecule has 0 radical (unpaired) electrons. The summed E-state index contributed by atoms with van der Waals surface area (Å²) in [5.41, 5.74) is 2.33. The molecule has 12 heavy (non-hydrogen) atoms. The van der Waals surface area contributed by atoms with E-state index in [1.54, 1.807) is 6.33 Å². The van der Waals surface area contributed by atoms with Crippen LogP contribution >= 0.6 is 0 Å². The molecule has 1 aliphatic rings. The van der Waals surface area contributed by atoms with Crippen molar-refractivity contribution in [3.63, 3.8) is 0 Å². The second kappa shape index (κ2) is 3.25. The quantitative estimate of drug-likeness (QED) is 0.572. The van der Waals surface area contributed by atoms with Crippen molar-refractivity contribution in [1.82, 2.24) is 15.3 Å². The van der Waals surface area contributed by atoms with Crippen molar-refractivity contribution in [3.05, 3.63) is 17.7 Å². The van der Waals surface area contributed by atoms with Crippen molar-refractivity contribution in [2.75, 3.05) is 6.61 Å². The maximum absolute atomic E-state index is 8.75. The van der Waals surface area contributed by atoms with Gasteiger partial charge in [-0.05, 0) is 6.42 Å². The van der Waals surface area contributed by atoms with Gasteiger partial charge in [0.25, 0.3) is 0 Å². The van der Waals surface area contributed by atoms with Crippen LogP contribution in [-0.2, 0) is 13.0 Å². The zero-order chi connectivity index (χ0) is 8.39. The Labute approximate surface area is 71.0 Å². The van der Waals surface area contributed by atoms with Gasteiger partial charge in [-0.15, -0.1) is 0 Å². The van der Waals surface area contributed by atoms with Gasteiger partial charge < -0.3 is 15.4 Å². The topological polar surface area (TPSA) is 60.9 Å². The Balaban J connectivity index is 2.05. The number of hydrogen-bond acceptors (Lipinski definition) is 3. The second-order valence-electron chi connectivity index (χ2n) is 3.12. The van der Waals surface area contributed by atoms with Crippen LogP contribution in [0.1, 0.15) is 17.8 Å². The number of imidazole rings is 1. The summed E-state index contributed by atoms with van der Waals surface area (Å²) in [6, 6.07) is 0.394. The van der Waals surface area contributed by atoms with Crippen LogP contribution in [-0.4, -0.2) is 27.7 Å². The molecule has 0 saturated carbocycles. The van der Waals surface area contributed by atoms with Crippen molar-refractivity contribution in [2.24, 2.45) is 0 Å². The Hall–Kier alpha value is -0.870. The molecule has 0 amide bonds. The minimum Gasteiger partial charge on any atom is -0.396 e. The first kappa shape index (κ1) is 7.76. The van der Waals surface area contributed by atoms with Gasteiger partial charge >= 0.3 is 0 Å². The van der Waals surface area contributed by atoms with Gasteiger partial charge in [-0.2, -0.15) is 0 Å². The van der Waals surface area contributed by atoms with Crippen LogP contribution in [0.25, 0.3) is 0 Å². The SMILES string of the molecule is OCCC1Cc2nc[nH]c2CN1. The summed E-state index contributed by atoms with van der Waals surface area (Å²) in [6.45, 7) is 1.09. The fourth-order valence-corrected chi connectivity index (χ4v) is 1.59. The molecule has 2 rings (SSSR count). The number of rotatable bonds is 2. The van der Waals surface area contributed by atoms with Gasteiger partial charge in [-0.1, -0.05) is 0 Å². The van der Waals surface area contributed by atoms with Crippen LogP contribution < -0.4 is 5.32 Å². The van der Waals surface area contributed by atoms with E-state index in [2.05, 4.69) is 15.3 Å². The molecule has 1 atom stereocenters. The lowest BCUT2D eigenvalue weighted by atomic mass is 10.0. The molecule has 4 heteroatoms. The average molecular weight is 167 g/mol. The van der Waals surface area contributed by atoms with Gasteiger partial charge in [0.2, 0.25) is 0 Å². The predicted octanol–water partition coefficient (Wildman–Crippen LogP) is -0.194. The lowest BCUT2D eigenvalue weighted by molar-refractivity contribution is 0.260. The van der Waals surface area contributed by atoms with E-state index >= 15 is 0 Å². The molecule has 4 nitrogen and oxygen atoms in total. The summed E-state index contributed by atoms with van der Waals surface area (Å²) in [5, 5.41) is 12.1. The zero-order valence-corrected chi connectivity index (χ0v) is 6.88. The van der Waals surface area contributed by atoms with E-state index in [4.69, 9.17) is 5.11 Å². The lowest BCUT2D eigenvalue weighted by Crippen LogP contribution is -2.36. The van der Waals surface area contributed by atoms with Crippen LogP contribution in [0.5, 0.6) is 0 Å². The molecule has 0 saturated heterocycles. The monoisotopic (exact) mass is 167 g/mol. The highest BCUT2D eigenvalue weighted by molar-refractivity contribution is 5.15. The largest absolute Gasteiger partial charge is 0.396 e. The normalized spacial score (nSPS) is 22.2. The number of aliphatic hydroxyl groups is 1. The minimum atomic E-state index is 0.247. The van der Waals surface area contributed by atoms with Crippen molar-refractivity contribution in [2.45, 2.75) is 25.4 Å². The fraction of sp³-hybridized carbons (Fsp3) is 0.625. The fourth-order valence-electron chi connectivity index (χ4n) is 1.59. The van der Waals surface area contributed by atoms with E-state index in [0.29, 0.717) is 6.04 Å². The lowest BCUT2D eigenvalue weighted by Gasteiger charge is -2.21. The number of fused-ring (bicyclic) bond motifs is 1. The third kappa shape index (κ3) is 1.35. The van der Waals surface area contributed by atoms with Crippen molar-refractivity contribution in [3.8, 4) is 0 Å². The standard InChI is InChI=1S/C8H13N3O/c12-2-1-6-3-7-8(4-9-6)11-5-10-7/h5-6,9,12H,1-4H2,(H,10,11). The third-order valence-corrected chi connectivity index (χ3v) is 2.29. The van der Waals surface area contributed by atoms with Crippen LogP contribution in [0.4, 0.5) is 0 Å². The Morgan fingerprint density at radius 3 is 3.42 bits per heavy atom. The zero-order valence-electron chi connectivity index (χ0n) is 6.88. The Bertz CT molecular complexity index is 259. The first-order valence-corrected chi connectivity index (χ1v) is 4.25. The maximum Gasteiger partial charge on any atom is 0.0925 e. The van der Waals surface area contributed by atoms with E-state index in [9.17, 15) is 0 Å². The molecule has 1 aromatic rings. The number of aromatic amines is 1. The minimum absolute atomic E-state index is 0.247. The van der Waals surface area contributed by atoms with E-state index in [-0.39, 0.29) is 6.61 Å². The molecule has 0 aliphatic carbocycles.